The number of fused-ring (bicyclic) bond motifs is 1. The van der Waals surface area contributed by atoms with Crippen LogP contribution in [0.25, 0.3) is 5.57 Å². The van der Waals surface area contributed by atoms with Gasteiger partial charge < -0.3 is 4.90 Å². The Balaban J connectivity index is 1.87. The number of carbonyl (C=O) groups excluding carboxylic acids is 1. The van der Waals surface area contributed by atoms with E-state index >= 15 is 0 Å². The molecule has 3 atom stereocenters. The minimum absolute atomic E-state index is 0.0826. The molecule has 166 valence electrons. The second-order valence-electron chi connectivity index (χ2n) is 7.97. The lowest BCUT2D eigenvalue weighted by molar-refractivity contribution is 0.0669. The molecule has 4 nitrogen and oxygen atoms in total. The molecule has 31 heavy (non-hydrogen) atoms. The van der Waals surface area contributed by atoms with Crippen LogP contribution < -0.4 is 0 Å². The first-order valence-corrected chi connectivity index (χ1v) is 9.66. The summed E-state index contributed by atoms with van der Waals surface area (Å²) >= 11 is 6.47. The molecule has 0 saturated heterocycles. The average molecular weight is 464 g/mol. The maximum absolute atomic E-state index is 14.5. The molecule has 11 heteroatoms. The van der Waals surface area contributed by atoms with Crippen LogP contribution >= 0.6 is 11.6 Å². The Morgan fingerprint density at radius 3 is 2.35 bits per heavy atom. The molecule has 0 N–H and O–H groups in total. The Hall–Kier alpha value is -2.49. The average Bonchev–Trinajstić information content (AvgIpc) is 3.25. The van der Waals surface area contributed by atoms with Gasteiger partial charge >= 0.3 is 0 Å². The van der Waals surface area contributed by atoms with Crippen LogP contribution in [-0.4, -0.2) is 32.7 Å². The van der Waals surface area contributed by atoms with Gasteiger partial charge in [-0.3, -0.25) is 4.79 Å². The van der Waals surface area contributed by atoms with E-state index in [1.54, 1.807) is 6.92 Å². The van der Waals surface area contributed by atoms with Gasteiger partial charge in [-0.15, -0.1) is 0 Å². The third kappa shape index (κ3) is 3.06. The zero-order valence-electron chi connectivity index (χ0n) is 16.5. The molecule has 1 aromatic heterocycles. The van der Waals surface area contributed by atoms with Gasteiger partial charge in [0.2, 0.25) is 5.95 Å². The number of hydrogen-bond donors (Lipinski definition) is 0. The number of hydrogen-bond acceptors (Lipinski definition) is 2. The van der Waals surface area contributed by atoms with Crippen LogP contribution in [-0.2, 0) is 7.05 Å². The van der Waals surface area contributed by atoms with Gasteiger partial charge in [0.15, 0.2) is 0 Å². The number of nitrogens with zero attached hydrogens (tertiary/aromatic N) is 3. The highest BCUT2D eigenvalue weighted by Crippen LogP contribution is 2.62. The molecular weight excluding hydrogens is 448 g/mol. The van der Waals surface area contributed by atoms with Crippen LogP contribution in [0.2, 0.25) is 0 Å². The zero-order valence-corrected chi connectivity index (χ0v) is 17.2. The summed E-state index contributed by atoms with van der Waals surface area (Å²) in [7, 11) is 1.07. The van der Waals surface area contributed by atoms with E-state index in [0.717, 1.165) is 11.9 Å². The van der Waals surface area contributed by atoms with Gasteiger partial charge in [-0.2, -0.15) is 9.49 Å². The van der Waals surface area contributed by atoms with Gasteiger partial charge in [-0.05, 0) is 13.3 Å². The summed E-state index contributed by atoms with van der Waals surface area (Å²) in [4.78, 5) is 14.3. The fourth-order valence-corrected chi connectivity index (χ4v) is 4.78. The Morgan fingerprint density at radius 1 is 1.23 bits per heavy atom. The minimum atomic E-state index is -3.22. The molecule has 1 amide bonds. The Morgan fingerprint density at radius 2 is 1.81 bits per heavy atom. The SMILES string of the molecule is CC1C(c2c(F)cc(F)cc2F)=C(Cl)C2(C)CC2N1C(=O)c1c(C(F)F)nn(C)c1F. The van der Waals surface area contributed by atoms with E-state index < -0.39 is 70.1 Å². The summed E-state index contributed by atoms with van der Waals surface area (Å²) in [5, 5.41) is 3.46. The van der Waals surface area contributed by atoms with Crippen molar-refractivity contribution in [1.29, 1.82) is 0 Å². The first-order chi connectivity index (χ1) is 14.4. The maximum Gasteiger partial charge on any atom is 0.283 e. The zero-order chi connectivity index (χ0) is 23.0. The summed E-state index contributed by atoms with van der Waals surface area (Å²) in [6, 6.07) is -0.750. The summed E-state index contributed by atoms with van der Waals surface area (Å²) in [6.45, 7) is 3.03. The van der Waals surface area contributed by atoms with E-state index in [2.05, 4.69) is 5.10 Å². The number of benzene rings is 1. The van der Waals surface area contributed by atoms with Crippen LogP contribution in [0.1, 0.15) is 48.3 Å². The number of carbonyl (C=O) groups is 1. The Bertz CT molecular complexity index is 1120. The molecule has 0 radical (unpaired) electrons. The molecule has 1 aliphatic carbocycles. The fourth-order valence-electron chi connectivity index (χ4n) is 4.32. The number of alkyl halides is 2. The van der Waals surface area contributed by atoms with Crippen molar-refractivity contribution in [3.63, 3.8) is 0 Å². The predicted octanol–water partition coefficient (Wildman–Crippen LogP) is 5.19. The van der Waals surface area contributed by atoms with Gasteiger partial charge in [0.1, 0.15) is 28.7 Å². The van der Waals surface area contributed by atoms with E-state index in [9.17, 15) is 31.1 Å². The standard InChI is InChI=1S/C20H16ClF6N3O/c1-7-12(13-9(23)4-8(22)5-10(13)24)16(21)20(2)6-11(20)30(7)19(31)14-15(17(25)26)28-29(3)18(14)27/h4-5,7,11,17H,6H2,1-3H3. The van der Waals surface area contributed by atoms with Crippen molar-refractivity contribution in [2.45, 2.75) is 38.8 Å². The lowest BCUT2D eigenvalue weighted by atomic mass is 9.88. The van der Waals surface area contributed by atoms with Gasteiger partial charge in [0.25, 0.3) is 12.3 Å². The number of rotatable bonds is 3. The molecular formula is C20H16ClF6N3O. The van der Waals surface area contributed by atoms with Gasteiger partial charge in [-0.1, -0.05) is 18.5 Å². The monoisotopic (exact) mass is 463 g/mol. The fraction of sp³-hybridized carbons (Fsp3) is 0.400. The van der Waals surface area contributed by atoms with Crippen molar-refractivity contribution in [2.75, 3.05) is 0 Å². The molecule has 1 fully saturated rings. The summed E-state index contributed by atoms with van der Waals surface area (Å²) in [6.07, 6.45) is -2.94. The number of halogens is 7. The van der Waals surface area contributed by atoms with Crippen molar-refractivity contribution in [3.8, 4) is 0 Å². The summed E-state index contributed by atoms with van der Waals surface area (Å²) < 4.78 is 84.4. The second kappa shape index (κ2) is 7.01. The minimum Gasteiger partial charge on any atom is -0.328 e. The highest BCUT2D eigenvalue weighted by molar-refractivity contribution is 6.34. The van der Waals surface area contributed by atoms with Crippen molar-refractivity contribution in [1.82, 2.24) is 14.7 Å². The molecule has 2 aliphatic rings. The van der Waals surface area contributed by atoms with Crippen LogP contribution in [0.15, 0.2) is 17.2 Å². The Kier molecular flexibility index (Phi) is 4.92. The molecule has 0 spiro atoms. The molecule has 2 heterocycles. The number of amides is 1. The van der Waals surface area contributed by atoms with E-state index in [0.29, 0.717) is 16.8 Å². The van der Waals surface area contributed by atoms with E-state index in [1.165, 1.54) is 6.92 Å². The van der Waals surface area contributed by atoms with Crippen molar-refractivity contribution < 1.29 is 31.1 Å². The maximum atomic E-state index is 14.5. The van der Waals surface area contributed by atoms with Crippen LogP contribution in [0.4, 0.5) is 26.3 Å². The number of aromatic nitrogens is 2. The van der Waals surface area contributed by atoms with E-state index in [1.807, 2.05) is 0 Å². The first-order valence-electron chi connectivity index (χ1n) is 9.28. The van der Waals surface area contributed by atoms with Gasteiger partial charge in [0, 0.05) is 41.2 Å². The summed E-state index contributed by atoms with van der Waals surface area (Å²) in [5.41, 5.74) is -3.58. The van der Waals surface area contributed by atoms with Crippen LogP contribution in [0.5, 0.6) is 0 Å². The first kappa shape index (κ1) is 21.7. The molecule has 1 saturated carbocycles. The molecule has 4 rings (SSSR count). The van der Waals surface area contributed by atoms with Crippen LogP contribution in [0.3, 0.4) is 0 Å². The number of aryl methyl sites for hydroxylation is 1. The van der Waals surface area contributed by atoms with E-state index in [4.69, 9.17) is 11.6 Å². The normalized spacial score (nSPS) is 25.3. The molecule has 0 bridgehead atoms. The lowest BCUT2D eigenvalue weighted by Crippen LogP contribution is -2.46. The highest BCUT2D eigenvalue weighted by atomic mass is 35.5. The van der Waals surface area contributed by atoms with Crippen LogP contribution in [0, 0.1) is 28.8 Å². The lowest BCUT2D eigenvalue weighted by Gasteiger charge is -2.38. The van der Waals surface area contributed by atoms with Crippen molar-refractivity contribution >= 4 is 23.1 Å². The molecule has 1 aliphatic heterocycles. The topological polar surface area (TPSA) is 38.1 Å². The highest BCUT2D eigenvalue weighted by Gasteiger charge is 2.62. The van der Waals surface area contributed by atoms with Crippen molar-refractivity contribution in [3.05, 3.63) is 57.4 Å². The molecule has 1 aromatic carbocycles. The van der Waals surface area contributed by atoms with E-state index in [-0.39, 0.29) is 17.0 Å². The second-order valence-corrected chi connectivity index (χ2v) is 8.35. The molecule has 3 unspecified atom stereocenters. The third-order valence-electron chi connectivity index (χ3n) is 6.04. The quantitative estimate of drug-likeness (QED) is 0.588. The third-order valence-corrected chi connectivity index (χ3v) is 6.67. The van der Waals surface area contributed by atoms with Gasteiger partial charge in [0.05, 0.1) is 11.6 Å². The molecule has 2 aromatic rings. The largest absolute Gasteiger partial charge is 0.328 e. The van der Waals surface area contributed by atoms with Gasteiger partial charge in [-0.25, -0.2) is 26.6 Å². The predicted molar refractivity (Wildman–Crippen MR) is 99.4 cm³/mol. The Labute approximate surface area is 178 Å². The van der Waals surface area contributed by atoms with Crippen molar-refractivity contribution in [2.24, 2.45) is 12.5 Å². The summed E-state index contributed by atoms with van der Waals surface area (Å²) in [5.74, 6) is -5.94. The smallest absolute Gasteiger partial charge is 0.283 e.